The summed E-state index contributed by atoms with van der Waals surface area (Å²) in [6.45, 7) is 0.350. The van der Waals surface area contributed by atoms with Crippen molar-refractivity contribution in [3.8, 4) is 9.85 Å². The summed E-state index contributed by atoms with van der Waals surface area (Å²) in [4.78, 5) is 11.1. The molecule has 1 aromatic rings. The lowest BCUT2D eigenvalue weighted by Crippen LogP contribution is -2.22. The quantitative estimate of drug-likeness (QED) is 0.655. The highest BCUT2D eigenvalue weighted by molar-refractivity contribution is 14.1. The fourth-order valence-corrected chi connectivity index (χ4v) is 0.843. The molecule has 1 amide bonds. The van der Waals surface area contributed by atoms with Crippen LogP contribution in [-0.4, -0.2) is 12.5 Å². The van der Waals surface area contributed by atoms with E-state index in [0.717, 1.165) is 0 Å². The number of carbonyl (C=O) groups excluding carboxylic acids is 1. The van der Waals surface area contributed by atoms with Crippen molar-refractivity contribution in [2.75, 3.05) is 6.54 Å². The third-order valence-electron chi connectivity index (χ3n) is 1.15. The number of amides is 1. The first-order valence-corrected chi connectivity index (χ1v) is 4.32. The molecule has 1 aromatic heterocycles. The van der Waals surface area contributed by atoms with E-state index >= 15 is 0 Å². The zero-order chi connectivity index (χ0) is 8.81. The summed E-state index contributed by atoms with van der Waals surface area (Å²) in [5.41, 5.74) is 0. The summed E-state index contributed by atoms with van der Waals surface area (Å²) in [6, 6.07) is 3.27. The Kier molecular flexibility index (Phi) is 3.67. The maximum absolute atomic E-state index is 11.1. The standard InChI is InChI=1S/C8H6INO2/c9-4-2-5-10-8(11)7-3-1-6-12-7/h1,3,6H,5H2,(H,10,11). The number of hydrogen-bond acceptors (Lipinski definition) is 2. The number of hydrogen-bond donors (Lipinski definition) is 1. The van der Waals surface area contributed by atoms with Gasteiger partial charge < -0.3 is 9.73 Å². The van der Waals surface area contributed by atoms with Crippen molar-refractivity contribution in [2.45, 2.75) is 0 Å². The molecule has 0 aliphatic rings. The van der Waals surface area contributed by atoms with Gasteiger partial charge in [0.1, 0.15) is 0 Å². The zero-order valence-electron chi connectivity index (χ0n) is 6.13. The van der Waals surface area contributed by atoms with Crippen LogP contribution in [-0.2, 0) is 0 Å². The van der Waals surface area contributed by atoms with Gasteiger partial charge in [-0.2, -0.15) is 0 Å². The third-order valence-corrected chi connectivity index (χ3v) is 1.53. The van der Waals surface area contributed by atoms with Crippen molar-refractivity contribution in [2.24, 2.45) is 0 Å². The van der Waals surface area contributed by atoms with Crippen LogP contribution in [0.15, 0.2) is 22.8 Å². The molecule has 4 heteroatoms. The minimum atomic E-state index is -0.237. The summed E-state index contributed by atoms with van der Waals surface area (Å²) in [7, 11) is 0. The first kappa shape index (κ1) is 9.13. The van der Waals surface area contributed by atoms with Crippen molar-refractivity contribution >= 4 is 28.5 Å². The normalized spacial score (nSPS) is 8.42. The van der Waals surface area contributed by atoms with Gasteiger partial charge in [0.2, 0.25) is 0 Å². The van der Waals surface area contributed by atoms with Gasteiger partial charge in [-0.3, -0.25) is 4.79 Å². The highest BCUT2D eigenvalue weighted by Crippen LogP contribution is 1.98. The van der Waals surface area contributed by atoms with Crippen LogP contribution in [0.5, 0.6) is 0 Å². The second-order valence-electron chi connectivity index (χ2n) is 1.93. The van der Waals surface area contributed by atoms with Gasteiger partial charge >= 0.3 is 0 Å². The summed E-state index contributed by atoms with van der Waals surface area (Å²) >= 11 is 1.91. The van der Waals surface area contributed by atoms with E-state index in [1.165, 1.54) is 6.26 Å². The fourth-order valence-electron chi connectivity index (χ4n) is 0.653. The molecule has 1 N–H and O–H groups in total. The number of nitrogens with one attached hydrogen (secondary N) is 1. The molecular weight excluding hydrogens is 269 g/mol. The van der Waals surface area contributed by atoms with Gasteiger partial charge in [0, 0.05) is 22.6 Å². The molecule has 0 fully saturated rings. The van der Waals surface area contributed by atoms with Crippen molar-refractivity contribution in [1.29, 1.82) is 0 Å². The number of carbonyl (C=O) groups is 1. The second kappa shape index (κ2) is 4.83. The van der Waals surface area contributed by atoms with Crippen molar-refractivity contribution in [3.05, 3.63) is 24.2 Å². The van der Waals surface area contributed by atoms with E-state index < -0.39 is 0 Å². The molecule has 0 aromatic carbocycles. The Morgan fingerprint density at radius 3 is 3.17 bits per heavy atom. The first-order valence-electron chi connectivity index (χ1n) is 3.25. The average molecular weight is 275 g/mol. The molecule has 0 atom stereocenters. The van der Waals surface area contributed by atoms with Gasteiger partial charge in [0.15, 0.2) is 5.76 Å². The predicted octanol–water partition coefficient (Wildman–Crippen LogP) is 1.41. The van der Waals surface area contributed by atoms with Gasteiger partial charge in [-0.1, -0.05) is 5.92 Å². The lowest BCUT2D eigenvalue weighted by molar-refractivity contribution is 0.0931. The highest BCUT2D eigenvalue weighted by Gasteiger charge is 2.05. The lowest BCUT2D eigenvalue weighted by Gasteiger charge is -1.95. The Bertz CT molecular complexity index is 308. The van der Waals surface area contributed by atoms with E-state index in [0.29, 0.717) is 12.3 Å². The van der Waals surface area contributed by atoms with Crippen molar-refractivity contribution in [1.82, 2.24) is 5.32 Å². The van der Waals surface area contributed by atoms with E-state index in [4.69, 9.17) is 4.42 Å². The number of rotatable bonds is 2. The van der Waals surface area contributed by atoms with Gasteiger partial charge in [0.05, 0.1) is 12.8 Å². The largest absolute Gasteiger partial charge is 0.459 e. The van der Waals surface area contributed by atoms with Crippen LogP contribution in [0.1, 0.15) is 10.6 Å². The van der Waals surface area contributed by atoms with Crippen LogP contribution < -0.4 is 5.32 Å². The molecule has 0 spiro atoms. The minimum absolute atomic E-state index is 0.237. The molecule has 12 heavy (non-hydrogen) atoms. The number of halogens is 1. The molecule has 1 heterocycles. The van der Waals surface area contributed by atoms with Gasteiger partial charge in [-0.15, -0.1) is 0 Å². The molecule has 0 aliphatic heterocycles. The molecule has 1 rings (SSSR count). The predicted molar refractivity (Wildman–Crippen MR) is 52.8 cm³/mol. The molecule has 0 saturated heterocycles. The van der Waals surface area contributed by atoms with E-state index in [-0.39, 0.29) is 5.91 Å². The summed E-state index contributed by atoms with van der Waals surface area (Å²) in [5, 5.41) is 2.57. The van der Waals surface area contributed by atoms with E-state index in [2.05, 4.69) is 15.2 Å². The molecule has 62 valence electrons. The van der Waals surface area contributed by atoms with Crippen molar-refractivity contribution < 1.29 is 9.21 Å². The van der Waals surface area contributed by atoms with E-state index in [9.17, 15) is 4.79 Å². The topological polar surface area (TPSA) is 42.2 Å². The summed E-state index contributed by atoms with van der Waals surface area (Å²) in [5.74, 6) is 2.78. The molecule has 0 radical (unpaired) electrons. The Labute approximate surface area is 83.7 Å². The minimum Gasteiger partial charge on any atom is -0.459 e. The van der Waals surface area contributed by atoms with E-state index in [1.807, 2.05) is 22.6 Å². The lowest BCUT2D eigenvalue weighted by atomic mass is 10.4. The Morgan fingerprint density at radius 2 is 2.58 bits per heavy atom. The maximum Gasteiger partial charge on any atom is 0.287 e. The van der Waals surface area contributed by atoms with Gasteiger partial charge in [-0.25, -0.2) is 0 Å². The summed E-state index contributed by atoms with van der Waals surface area (Å²) < 4.78 is 7.51. The smallest absolute Gasteiger partial charge is 0.287 e. The zero-order valence-corrected chi connectivity index (χ0v) is 8.29. The monoisotopic (exact) mass is 275 g/mol. The van der Waals surface area contributed by atoms with Crippen LogP contribution >= 0.6 is 22.6 Å². The van der Waals surface area contributed by atoms with Crippen LogP contribution in [0.4, 0.5) is 0 Å². The Balaban J connectivity index is 2.43. The molecule has 0 bridgehead atoms. The molecular formula is C8H6INO2. The SMILES string of the molecule is O=C(NCC#CI)c1ccco1. The molecule has 0 aliphatic carbocycles. The molecule has 0 unspecified atom stereocenters. The van der Waals surface area contributed by atoms with Gasteiger partial charge in [-0.05, 0) is 16.1 Å². The number of furan rings is 1. The van der Waals surface area contributed by atoms with Crippen LogP contribution in [0, 0.1) is 9.85 Å². The summed E-state index contributed by atoms with van der Waals surface area (Å²) in [6.07, 6.45) is 1.46. The maximum atomic E-state index is 11.1. The molecule has 3 nitrogen and oxygen atoms in total. The van der Waals surface area contributed by atoms with Gasteiger partial charge in [0.25, 0.3) is 5.91 Å². The van der Waals surface area contributed by atoms with Crippen molar-refractivity contribution in [3.63, 3.8) is 0 Å². The second-order valence-corrected chi connectivity index (χ2v) is 2.47. The Morgan fingerprint density at radius 1 is 1.75 bits per heavy atom. The Hall–Kier alpha value is -0.960. The molecule has 0 saturated carbocycles. The van der Waals surface area contributed by atoms with E-state index in [1.54, 1.807) is 12.1 Å². The average Bonchev–Trinajstić information content (AvgIpc) is 2.56. The third kappa shape index (κ3) is 2.58. The highest BCUT2D eigenvalue weighted by atomic mass is 127. The van der Waals surface area contributed by atoms with Crippen LogP contribution in [0.2, 0.25) is 0 Å². The van der Waals surface area contributed by atoms with Crippen LogP contribution in [0.25, 0.3) is 0 Å². The fraction of sp³-hybridized carbons (Fsp3) is 0.125. The first-order chi connectivity index (χ1) is 5.84. The van der Waals surface area contributed by atoms with Crippen LogP contribution in [0.3, 0.4) is 0 Å².